The summed E-state index contributed by atoms with van der Waals surface area (Å²) in [5.41, 5.74) is 0.845. The van der Waals surface area contributed by atoms with Gasteiger partial charge >= 0.3 is 0 Å². The van der Waals surface area contributed by atoms with Crippen LogP contribution in [0.5, 0.6) is 11.5 Å². The molecule has 0 atom stereocenters. The van der Waals surface area contributed by atoms with Gasteiger partial charge in [0, 0.05) is 23.0 Å². The molecule has 0 radical (unpaired) electrons. The van der Waals surface area contributed by atoms with Gasteiger partial charge in [0.05, 0.1) is 22.3 Å². The molecule has 2 heterocycles. The van der Waals surface area contributed by atoms with Gasteiger partial charge in [-0.3, -0.25) is 14.5 Å². The number of anilines is 2. The summed E-state index contributed by atoms with van der Waals surface area (Å²) in [6.45, 7) is 0.910. The maximum atomic E-state index is 12.6. The molecule has 2 aromatic carbocycles. The van der Waals surface area contributed by atoms with E-state index in [2.05, 4.69) is 15.0 Å². The van der Waals surface area contributed by atoms with Crippen molar-refractivity contribution in [2.75, 3.05) is 23.3 Å². The molecule has 4 rings (SSSR count). The monoisotopic (exact) mass is 445 g/mol. The summed E-state index contributed by atoms with van der Waals surface area (Å²) in [6, 6.07) is 12.2. The molecule has 8 nitrogen and oxygen atoms in total. The first-order valence-electron chi connectivity index (χ1n) is 8.85. The van der Waals surface area contributed by atoms with E-state index in [1.807, 2.05) is 0 Å². The Bertz CT molecular complexity index is 1200. The minimum atomic E-state index is -3.85. The van der Waals surface area contributed by atoms with E-state index >= 15 is 0 Å². The lowest BCUT2D eigenvalue weighted by molar-refractivity contribution is 0.102. The van der Waals surface area contributed by atoms with Crippen LogP contribution in [0.25, 0.3) is 0 Å². The molecule has 1 aromatic heterocycles. The quantitative estimate of drug-likeness (QED) is 0.622. The van der Waals surface area contributed by atoms with Crippen LogP contribution in [0.15, 0.2) is 65.8 Å². The predicted molar refractivity (Wildman–Crippen MR) is 112 cm³/mol. The van der Waals surface area contributed by atoms with Crippen molar-refractivity contribution in [1.29, 1.82) is 0 Å². The summed E-state index contributed by atoms with van der Waals surface area (Å²) < 4.78 is 38.4. The summed E-state index contributed by atoms with van der Waals surface area (Å²) in [5, 5.41) is 3.15. The normalized spacial score (nSPS) is 12.8. The molecule has 0 bridgehead atoms. The molecule has 3 aromatic rings. The highest BCUT2D eigenvalue weighted by atomic mass is 35.5. The molecule has 154 valence electrons. The Morgan fingerprint density at radius 2 is 1.67 bits per heavy atom. The lowest BCUT2D eigenvalue weighted by Gasteiger charge is -2.19. The average molecular weight is 446 g/mol. The van der Waals surface area contributed by atoms with E-state index in [1.165, 1.54) is 42.7 Å². The number of amides is 1. The first-order chi connectivity index (χ1) is 14.4. The van der Waals surface area contributed by atoms with Crippen LogP contribution in [0.4, 0.5) is 11.4 Å². The fraction of sp³-hybridized carbons (Fsp3) is 0.100. The zero-order valence-electron chi connectivity index (χ0n) is 15.5. The third kappa shape index (κ3) is 4.47. The van der Waals surface area contributed by atoms with E-state index in [1.54, 1.807) is 18.2 Å². The number of pyridine rings is 1. The highest BCUT2D eigenvalue weighted by Crippen LogP contribution is 2.32. The highest BCUT2D eigenvalue weighted by molar-refractivity contribution is 7.92. The molecule has 1 amide bonds. The summed E-state index contributed by atoms with van der Waals surface area (Å²) in [5.74, 6) is 0.702. The topological polar surface area (TPSA) is 107 Å². The van der Waals surface area contributed by atoms with E-state index < -0.39 is 15.9 Å². The van der Waals surface area contributed by atoms with Crippen LogP contribution in [0.2, 0.25) is 5.02 Å². The van der Waals surface area contributed by atoms with Crippen LogP contribution in [-0.2, 0) is 10.0 Å². The number of benzene rings is 2. The maximum absolute atomic E-state index is 12.6. The fourth-order valence-electron chi connectivity index (χ4n) is 2.77. The van der Waals surface area contributed by atoms with E-state index in [0.29, 0.717) is 35.4 Å². The van der Waals surface area contributed by atoms with E-state index in [4.69, 9.17) is 21.1 Å². The minimum Gasteiger partial charge on any atom is -0.486 e. The third-order valence-electron chi connectivity index (χ3n) is 4.18. The second-order valence-electron chi connectivity index (χ2n) is 6.33. The van der Waals surface area contributed by atoms with E-state index in [9.17, 15) is 13.2 Å². The Morgan fingerprint density at radius 3 is 2.43 bits per heavy atom. The molecule has 30 heavy (non-hydrogen) atoms. The van der Waals surface area contributed by atoms with Crippen LogP contribution in [0.3, 0.4) is 0 Å². The second-order valence-corrected chi connectivity index (χ2v) is 8.45. The van der Waals surface area contributed by atoms with Crippen molar-refractivity contribution in [2.24, 2.45) is 0 Å². The highest BCUT2D eigenvalue weighted by Gasteiger charge is 2.17. The van der Waals surface area contributed by atoms with Gasteiger partial charge in [-0.2, -0.15) is 0 Å². The van der Waals surface area contributed by atoms with Crippen LogP contribution < -0.4 is 19.5 Å². The van der Waals surface area contributed by atoms with Crippen molar-refractivity contribution in [3.63, 3.8) is 0 Å². The summed E-state index contributed by atoms with van der Waals surface area (Å²) >= 11 is 5.80. The lowest BCUT2D eigenvalue weighted by atomic mass is 10.2. The molecule has 1 aliphatic rings. The average Bonchev–Trinajstić information content (AvgIpc) is 2.74. The molecule has 0 saturated carbocycles. The number of rotatable bonds is 5. The Hall–Kier alpha value is -3.30. The van der Waals surface area contributed by atoms with Crippen LogP contribution >= 0.6 is 11.6 Å². The number of carbonyl (C=O) groups is 1. The molecule has 0 spiro atoms. The van der Waals surface area contributed by atoms with Gasteiger partial charge in [-0.25, -0.2) is 8.42 Å². The van der Waals surface area contributed by atoms with Gasteiger partial charge in [0.2, 0.25) is 0 Å². The number of fused-ring (bicyclic) bond motifs is 1. The molecule has 0 saturated heterocycles. The van der Waals surface area contributed by atoms with E-state index in [-0.39, 0.29) is 16.1 Å². The van der Waals surface area contributed by atoms with Gasteiger partial charge in [0.15, 0.2) is 11.5 Å². The Morgan fingerprint density at radius 1 is 0.933 bits per heavy atom. The van der Waals surface area contributed by atoms with Gasteiger partial charge < -0.3 is 14.8 Å². The number of aromatic nitrogens is 1. The molecule has 0 unspecified atom stereocenters. The first-order valence-corrected chi connectivity index (χ1v) is 10.7. The smallest absolute Gasteiger partial charge is 0.261 e. The van der Waals surface area contributed by atoms with Gasteiger partial charge in [0.25, 0.3) is 15.9 Å². The van der Waals surface area contributed by atoms with Gasteiger partial charge in [0.1, 0.15) is 13.2 Å². The summed E-state index contributed by atoms with van der Waals surface area (Å²) in [7, 11) is -3.85. The van der Waals surface area contributed by atoms with E-state index in [0.717, 1.165) is 0 Å². The molecule has 0 aliphatic carbocycles. The third-order valence-corrected chi connectivity index (χ3v) is 5.83. The van der Waals surface area contributed by atoms with Gasteiger partial charge in [-0.1, -0.05) is 11.6 Å². The van der Waals surface area contributed by atoms with Crippen molar-refractivity contribution in [3.8, 4) is 11.5 Å². The van der Waals surface area contributed by atoms with Crippen molar-refractivity contribution < 1.29 is 22.7 Å². The SMILES string of the molecule is O=C(Nc1ccc2c(c1)OCCO2)c1cncc(NS(=O)(=O)c2ccc(Cl)cc2)c1. The first kappa shape index (κ1) is 20.0. The van der Waals surface area contributed by atoms with Crippen molar-refractivity contribution in [2.45, 2.75) is 4.90 Å². The number of nitrogens with zero attached hydrogens (tertiary/aromatic N) is 1. The van der Waals surface area contributed by atoms with Crippen molar-refractivity contribution in [3.05, 3.63) is 71.5 Å². The van der Waals surface area contributed by atoms with Crippen molar-refractivity contribution in [1.82, 2.24) is 4.98 Å². The molecule has 2 N–H and O–H groups in total. The molecular formula is C20H16ClN3O5S. The fourth-order valence-corrected chi connectivity index (χ4v) is 3.93. The Labute approximate surface area is 177 Å². The standard InChI is InChI=1S/C20H16ClN3O5S/c21-14-1-4-17(5-2-14)30(26,27)24-16-9-13(11-22-12-16)20(25)23-15-3-6-18-19(10-15)29-8-7-28-18/h1-6,9-12,24H,7-8H2,(H,23,25). The number of ether oxygens (including phenoxy) is 2. The largest absolute Gasteiger partial charge is 0.486 e. The number of nitrogens with one attached hydrogen (secondary N) is 2. The Balaban J connectivity index is 1.50. The van der Waals surface area contributed by atoms with Crippen LogP contribution in [-0.4, -0.2) is 32.5 Å². The number of sulfonamides is 1. The minimum absolute atomic E-state index is 0.0398. The molecule has 10 heteroatoms. The number of hydrogen-bond donors (Lipinski definition) is 2. The van der Waals surface area contributed by atoms with Crippen LogP contribution in [0, 0.1) is 0 Å². The predicted octanol–water partition coefficient (Wildman–Crippen LogP) is 3.56. The van der Waals surface area contributed by atoms with Gasteiger partial charge in [-0.15, -0.1) is 0 Å². The van der Waals surface area contributed by atoms with Crippen LogP contribution in [0.1, 0.15) is 10.4 Å². The molecule has 1 aliphatic heterocycles. The zero-order valence-corrected chi connectivity index (χ0v) is 17.0. The maximum Gasteiger partial charge on any atom is 0.261 e. The number of carbonyl (C=O) groups excluding carboxylic acids is 1. The molecule has 0 fully saturated rings. The number of halogens is 1. The zero-order chi connectivity index (χ0) is 21.1. The number of hydrogen-bond acceptors (Lipinski definition) is 6. The summed E-state index contributed by atoms with van der Waals surface area (Å²) in [6.07, 6.45) is 2.65. The van der Waals surface area contributed by atoms with Gasteiger partial charge in [-0.05, 0) is 42.5 Å². The molecular weight excluding hydrogens is 430 g/mol. The summed E-state index contributed by atoms with van der Waals surface area (Å²) in [4.78, 5) is 16.6. The second kappa shape index (κ2) is 8.21. The Kier molecular flexibility index (Phi) is 5.47. The van der Waals surface area contributed by atoms with Crippen molar-refractivity contribution >= 4 is 38.9 Å². The lowest BCUT2D eigenvalue weighted by Crippen LogP contribution is -2.17.